The molecule has 34 heavy (non-hydrogen) atoms. The number of aromatic nitrogens is 1. The highest BCUT2D eigenvalue weighted by atomic mass is 32.2. The molecule has 2 heterocycles. The van der Waals surface area contributed by atoms with Crippen LogP contribution in [0.1, 0.15) is 35.7 Å². The SMILES string of the molecule is CC(C)c1ccc(N2CCN(C(=O)c3cc(S(C)(=O)=O)ccc3-c3ccc(F)cc3)CC2)nc1. The molecule has 0 spiro atoms. The summed E-state index contributed by atoms with van der Waals surface area (Å²) in [5, 5.41) is 0. The van der Waals surface area contributed by atoms with Crippen molar-refractivity contribution < 1.29 is 17.6 Å². The first-order valence-corrected chi connectivity index (χ1v) is 13.1. The lowest BCUT2D eigenvalue weighted by Gasteiger charge is -2.36. The summed E-state index contributed by atoms with van der Waals surface area (Å²) in [7, 11) is -3.50. The molecule has 1 saturated heterocycles. The number of halogens is 1. The van der Waals surface area contributed by atoms with E-state index in [2.05, 4.69) is 29.8 Å². The average molecular weight is 482 g/mol. The molecule has 0 unspecified atom stereocenters. The van der Waals surface area contributed by atoms with Gasteiger partial charge in [0.15, 0.2) is 9.84 Å². The van der Waals surface area contributed by atoms with E-state index in [9.17, 15) is 17.6 Å². The van der Waals surface area contributed by atoms with Crippen molar-refractivity contribution in [2.75, 3.05) is 37.3 Å². The fourth-order valence-electron chi connectivity index (χ4n) is 4.05. The lowest BCUT2D eigenvalue weighted by atomic mass is 9.98. The number of piperazine rings is 1. The third kappa shape index (κ3) is 5.12. The van der Waals surface area contributed by atoms with E-state index in [1.54, 1.807) is 23.1 Å². The van der Waals surface area contributed by atoms with Crippen LogP contribution in [0.25, 0.3) is 11.1 Å². The summed E-state index contributed by atoms with van der Waals surface area (Å²) < 4.78 is 37.8. The first kappa shape index (κ1) is 23.9. The number of hydrogen-bond donors (Lipinski definition) is 0. The summed E-state index contributed by atoms with van der Waals surface area (Å²) in [6.45, 7) is 6.46. The van der Waals surface area contributed by atoms with E-state index in [0.717, 1.165) is 12.1 Å². The maximum Gasteiger partial charge on any atom is 0.254 e. The van der Waals surface area contributed by atoms with Gasteiger partial charge in [0.25, 0.3) is 5.91 Å². The van der Waals surface area contributed by atoms with Gasteiger partial charge >= 0.3 is 0 Å². The number of amides is 1. The second-order valence-corrected chi connectivity index (χ2v) is 10.9. The molecule has 1 fully saturated rings. The van der Waals surface area contributed by atoms with Gasteiger partial charge in [0.1, 0.15) is 11.6 Å². The van der Waals surface area contributed by atoms with Gasteiger partial charge in [0, 0.05) is 44.2 Å². The molecular weight excluding hydrogens is 453 g/mol. The van der Waals surface area contributed by atoms with Gasteiger partial charge in [-0.2, -0.15) is 0 Å². The summed E-state index contributed by atoms with van der Waals surface area (Å²) in [5.41, 5.74) is 2.70. The molecule has 0 N–H and O–H groups in total. The summed E-state index contributed by atoms with van der Waals surface area (Å²) in [6.07, 6.45) is 3.01. The van der Waals surface area contributed by atoms with Crippen molar-refractivity contribution in [2.45, 2.75) is 24.7 Å². The Morgan fingerprint density at radius 2 is 1.65 bits per heavy atom. The largest absolute Gasteiger partial charge is 0.353 e. The predicted molar refractivity (Wildman–Crippen MR) is 131 cm³/mol. The minimum Gasteiger partial charge on any atom is -0.353 e. The predicted octanol–water partition coefficient (Wildman–Crippen LogP) is 4.38. The van der Waals surface area contributed by atoms with E-state index in [1.165, 1.54) is 29.8 Å². The number of rotatable bonds is 5. The molecule has 1 aromatic heterocycles. The third-order valence-corrected chi connectivity index (χ3v) is 7.24. The second-order valence-electron chi connectivity index (χ2n) is 8.87. The molecule has 6 nitrogen and oxygen atoms in total. The van der Waals surface area contributed by atoms with E-state index >= 15 is 0 Å². The number of pyridine rings is 1. The molecule has 3 aromatic rings. The van der Waals surface area contributed by atoms with Crippen LogP contribution in [-0.4, -0.2) is 56.6 Å². The summed E-state index contributed by atoms with van der Waals surface area (Å²) in [4.78, 5) is 22.1. The van der Waals surface area contributed by atoms with Crippen LogP contribution in [0, 0.1) is 5.82 Å². The first-order valence-electron chi connectivity index (χ1n) is 11.2. The fraction of sp³-hybridized carbons (Fsp3) is 0.308. The van der Waals surface area contributed by atoms with E-state index in [0.29, 0.717) is 48.8 Å². The van der Waals surface area contributed by atoms with E-state index < -0.39 is 9.84 Å². The molecule has 8 heteroatoms. The van der Waals surface area contributed by atoms with Crippen LogP contribution >= 0.6 is 0 Å². The Balaban J connectivity index is 1.58. The Labute approximate surface area is 200 Å². The van der Waals surface area contributed by atoms with Crippen LogP contribution in [0.3, 0.4) is 0 Å². The van der Waals surface area contributed by atoms with Crippen molar-refractivity contribution in [3.63, 3.8) is 0 Å². The van der Waals surface area contributed by atoms with Crippen molar-refractivity contribution in [1.29, 1.82) is 0 Å². The molecule has 0 saturated carbocycles. The fourth-order valence-corrected chi connectivity index (χ4v) is 4.69. The molecule has 1 aliphatic heterocycles. The zero-order valence-electron chi connectivity index (χ0n) is 19.5. The van der Waals surface area contributed by atoms with Crippen LogP contribution in [-0.2, 0) is 9.84 Å². The second kappa shape index (κ2) is 9.54. The maximum absolute atomic E-state index is 13.5. The monoisotopic (exact) mass is 481 g/mol. The van der Waals surface area contributed by atoms with Crippen LogP contribution < -0.4 is 4.90 Å². The summed E-state index contributed by atoms with van der Waals surface area (Å²) in [5.74, 6) is 0.666. The molecular formula is C26H28FN3O3S. The highest BCUT2D eigenvalue weighted by molar-refractivity contribution is 7.90. The Bertz CT molecular complexity index is 1280. The van der Waals surface area contributed by atoms with Crippen LogP contribution in [0.5, 0.6) is 0 Å². The van der Waals surface area contributed by atoms with Gasteiger partial charge in [0.2, 0.25) is 0 Å². The summed E-state index contributed by atoms with van der Waals surface area (Å²) >= 11 is 0. The van der Waals surface area contributed by atoms with Crippen molar-refractivity contribution in [3.8, 4) is 11.1 Å². The number of benzene rings is 2. The van der Waals surface area contributed by atoms with Crippen LogP contribution in [0.15, 0.2) is 65.7 Å². The Morgan fingerprint density at radius 1 is 0.971 bits per heavy atom. The summed E-state index contributed by atoms with van der Waals surface area (Å²) in [6, 6.07) is 14.4. The highest BCUT2D eigenvalue weighted by Gasteiger charge is 2.26. The maximum atomic E-state index is 13.5. The number of anilines is 1. The average Bonchev–Trinajstić information content (AvgIpc) is 2.83. The van der Waals surface area contributed by atoms with Gasteiger partial charge in [0.05, 0.1) is 4.90 Å². The molecule has 178 valence electrons. The van der Waals surface area contributed by atoms with Gasteiger partial charge in [-0.25, -0.2) is 17.8 Å². The number of carbonyl (C=O) groups is 1. The quantitative estimate of drug-likeness (QED) is 0.541. The topological polar surface area (TPSA) is 70.6 Å². The zero-order chi connectivity index (χ0) is 24.5. The Morgan fingerprint density at radius 3 is 2.21 bits per heavy atom. The molecule has 1 amide bonds. The van der Waals surface area contributed by atoms with Crippen molar-refractivity contribution in [2.24, 2.45) is 0 Å². The molecule has 0 aliphatic carbocycles. The number of nitrogens with zero attached hydrogens (tertiary/aromatic N) is 3. The van der Waals surface area contributed by atoms with E-state index in [1.807, 2.05) is 12.3 Å². The molecule has 1 aliphatic rings. The standard InChI is InChI=1S/C26H28FN3O3S/c1-18(2)20-6-11-25(28-17-20)29-12-14-30(15-13-29)26(31)24-16-22(34(3,32)33)9-10-23(24)19-4-7-21(27)8-5-19/h4-11,16-18H,12-15H2,1-3H3. The van der Waals surface area contributed by atoms with Crippen LogP contribution in [0.4, 0.5) is 10.2 Å². The third-order valence-electron chi connectivity index (χ3n) is 6.13. The number of carbonyl (C=O) groups excluding carboxylic acids is 1. The number of sulfone groups is 1. The first-order chi connectivity index (χ1) is 16.1. The molecule has 4 rings (SSSR count). The van der Waals surface area contributed by atoms with Gasteiger partial charge < -0.3 is 9.80 Å². The molecule has 0 atom stereocenters. The van der Waals surface area contributed by atoms with E-state index in [4.69, 9.17) is 0 Å². The smallest absolute Gasteiger partial charge is 0.254 e. The lowest BCUT2D eigenvalue weighted by Crippen LogP contribution is -2.49. The minimum atomic E-state index is -3.50. The van der Waals surface area contributed by atoms with Crippen LogP contribution in [0.2, 0.25) is 0 Å². The van der Waals surface area contributed by atoms with Gasteiger partial charge in [-0.3, -0.25) is 4.79 Å². The number of hydrogen-bond acceptors (Lipinski definition) is 5. The van der Waals surface area contributed by atoms with Gasteiger partial charge in [-0.05, 0) is 52.9 Å². The Hall–Kier alpha value is -3.26. The van der Waals surface area contributed by atoms with Gasteiger partial charge in [-0.15, -0.1) is 0 Å². The van der Waals surface area contributed by atoms with Crippen molar-refractivity contribution in [3.05, 3.63) is 77.7 Å². The Kier molecular flexibility index (Phi) is 6.70. The lowest BCUT2D eigenvalue weighted by molar-refractivity contribution is 0.0747. The van der Waals surface area contributed by atoms with Crippen molar-refractivity contribution in [1.82, 2.24) is 9.88 Å². The zero-order valence-corrected chi connectivity index (χ0v) is 20.3. The molecule has 0 radical (unpaired) electrons. The highest BCUT2D eigenvalue weighted by Crippen LogP contribution is 2.28. The molecule has 2 aromatic carbocycles. The van der Waals surface area contributed by atoms with E-state index in [-0.39, 0.29) is 16.6 Å². The van der Waals surface area contributed by atoms with Gasteiger partial charge in [-0.1, -0.05) is 38.1 Å². The minimum absolute atomic E-state index is 0.0785. The normalized spacial score (nSPS) is 14.5. The van der Waals surface area contributed by atoms with Crippen molar-refractivity contribution >= 4 is 21.6 Å². The molecule has 0 bridgehead atoms.